The molecule has 44 heavy (non-hydrogen) atoms. The summed E-state index contributed by atoms with van der Waals surface area (Å²) >= 11 is 0. The van der Waals surface area contributed by atoms with E-state index in [-0.39, 0.29) is 18.0 Å². The van der Waals surface area contributed by atoms with Crippen LogP contribution in [-0.2, 0) is 21.4 Å². The van der Waals surface area contributed by atoms with Gasteiger partial charge in [0.2, 0.25) is 15.9 Å². The number of ether oxygens (including phenoxy) is 1. The minimum Gasteiger partial charge on any atom is -0.497 e. The lowest BCUT2D eigenvalue weighted by molar-refractivity contribution is -0.133. The van der Waals surface area contributed by atoms with E-state index in [1.165, 1.54) is 6.42 Å². The predicted octanol–water partition coefficient (Wildman–Crippen LogP) is 4.83. The average Bonchev–Trinajstić information content (AvgIpc) is 3.49. The van der Waals surface area contributed by atoms with Gasteiger partial charge in [-0.05, 0) is 102 Å². The van der Waals surface area contributed by atoms with Crippen molar-refractivity contribution in [2.24, 2.45) is 0 Å². The van der Waals surface area contributed by atoms with Crippen LogP contribution in [0, 0.1) is 13.8 Å². The molecule has 3 atom stereocenters. The van der Waals surface area contributed by atoms with E-state index in [0.29, 0.717) is 66.2 Å². The molecule has 0 spiro atoms. The molecule has 2 aliphatic heterocycles. The van der Waals surface area contributed by atoms with Crippen LogP contribution in [0.4, 0.5) is 0 Å². The summed E-state index contributed by atoms with van der Waals surface area (Å²) in [4.78, 5) is 21.1. The van der Waals surface area contributed by atoms with Crippen molar-refractivity contribution in [3.05, 3.63) is 47.3 Å². The zero-order valence-corrected chi connectivity index (χ0v) is 28.5. The van der Waals surface area contributed by atoms with Crippen LogP contribution in [0.3, 0.4) is 0 Å². The maximum atomic E-state index is 14.2. The van der Waals surface area contributed by atoms with Gasteiger partial charge in [-0.2, -0.15) is 4.31 Å². The van der Waals surface area contributed by atoms with Crippen LogP contribution in [0.25, 0.3) is 0 Å². The topological polar surface area (TPSA) is 78.3 Å². The molecule has 1 aromatic heterocycles. The summed E-state index contributed by atoms with van der Waals surface area (Å²) in [5, 5.41) is 0. The molecular formula is C34H53N5O4S. The maximum Gasteiger partial charge on any atom is 0.244 e. The lowest BCUT2D eigenvalue weighted by Crippen LogP contribution is -2.54. The van der Waals surface area contributed by atoms with Crippen LogP contribution in [0.1, 0.15) is 81.7 Å². The van der Waals surface area contributed by atoms with Crippen LogP contribution in [0.5, 0.6) is 5.75 Å². The number of methoxy groups -OCH3 is 1. The molecule has 10 heteroatoms. The Morgan fingerprint density at radius 1 is 1.05 bits per heavy atom. The third-order valence-electron chi connectivity index (χ3n) is 10.4. The zero-order valence-electron chi connectivity index (χ0n) is 27.7. The zero-order chi connectivity index (χ0) is 31.6. The molecule has 2 fully saturated rings. The summed E-state index contributed by atoms with van der Waals surface area (Å²) in [6.45, 7) is 13.7. The van der Waals surface area contributed by atoms with Gasteiger partial charge in [-0.1, -0.05) is 0 Å². The van der Waals surface area contributed by atoms with Crippen molar-refractivity contribution < 1.29 is 17.9 Å². The Bertz CT molecular complexity index is 1380. The summed E-state index contributed by atoms with van der Waals surface area (Å²) in [6.07, 6.45) is 8.18. The molecule has 1 aromatic carbocycles. The second kappa shape index (κ2) is 13.9. The van der Waals surface area contributed by atoms with Crippen molar-refractivity contribution in [1.29, 1.82) is 0 Å². The van der Waals surface area contributed by atoms with Gasteiger partial charge in [0.25, 0.3) is 0 Å². The first kappa shape index (κ1) is 33.0. The molecule has 0 radical (unpaired) electrons. The number of aromatic nitrogens is 1. The number of sulfonamides is 1. The molecule has 0 N–H and O–H groups in total. The quantitative estimate of drug-likeness (QED) is 0.376. The third kappa shape index (κ3) is 6.88. The summed E-state index contributed by atoms with van der Waals surface area (Å²) in [7, 11) is -0.195. The Balaban J connectivity index is 1.22. The number of piperazine rings is 1. The number of aryl methyl sites for hydroxylation is 2. The molecule has 0 bridgehead atoms. The van der Waals surface area contributed by atoms with Gasteiger partial charge < -0.3 is 14.2 Å². The number of carbonyl (C=O) groups excluding carboxylic acids is 1. The number of hydrogen-bond donors (Lipinski definition) is 0. The van der Waals surface area contributed by atoms with Gasteiger partial charge >= 0.3 is 0 Å². The molecule has 1 amide bonds. The Kier molecular flexibility index (Phi) is 10.4. The number of fused-ring (bicyclic) bond motifs is 1. The highest BCUT2D eigenvalue weighted by Crippen LogP contribution is 2.38. The van der Waals surface area contributed by atoms with Gasteiger partial charge in [-0.15, -0.1) is 0 Å². The van der Waals surface area contributed by atoms with Crippen LogP contribution in [0.2, 0.25) is 0 Å². The first-order valence-corrected chi connectivity index (χ1v) is 18.0. The Morgan fingerprint density at radius 2 is 1.75 bits per heavy atom. The summed E-state index contributed by atoms with van der Waals surface area (Å²) in [6, 6.07) is 8.70. The molecule has 1 aliphatic carbocycles. The van der Waals surface area contributed by atoms with Crippen LogP contribution < -0.4 is 4.74 Å². The highest BCUT2D eigenvalue weighted by atomic mass is 32.2. The van der Waals surface area contributed by atoms with Crippen molar-refractivity contribution in [1.82, 2.24) is 23.6 Å². The van der Waals surface area contributed by atoms with Crippen LogP contribution in [0.15, 0.2) is 35.4 Å². The highest BCUT2D eigenvalue weighted by Gasteiger charge is 2.38. The average molecular weight is 628 g/mol. The normalized spacial score (nSPS) is 23.9. The van der Waals surface area contributed by atoms with E-state index in [0.717, 1.165) is 51.1 Å². The van der Waals surface area contributed by atoms with E-state index in [9.17, 15) is 13.2 Å². The van der Waals surface area contributed by atoms with Crippen molar-refractivity contribution in [3.8, 4) is 5.75 Å². The highest BCUT2D eigenvalue weighted by molar-refractivity contribution is 7.89. The molecule has 5 rings (SSSR count). The van der Waals surface area contributed by atoms with Crippen molar-refractivity contribution in [2.45, 2.75) is 108 Å². The summed E-state index contributed by atoms with van der Waals surface area (Å²) in [5.74, 6) is 0.825. The van der Waals surface area contributed by atoms with Crippen molar-refractivity contribution in [2.75, 3.05) is 46.9 Å². The monoisotopic (exact) mass is 627 g/mol. The molecule has 1 saturated carbocycles. The van der Waals surface area contributed by atoms with E-state index in [4.69, 9.17) is 4.74 Å². The molecule has 3 heterocycles. The molecular weight excluding hydrogens is 574 g/mol. The first-order chi connectivity index (χ1) is 21.0. The molecule has 2 aromatic rings. The van der Waals surface area contributed by atoms with E-state index in [2.05, 4.69) is 28.2 Å². The third-order valence-corrected chi connectivity index (χ3v) is 12.6. The standard InChI is InChI=1S/C34H53N5O4S/c1-25(2)36-16-18-37(19-17-36)29-11-7-10-28(24-29)35(5)33(40)14-8-12-32-31-13-9-15-38(31)20-21-39(32)44(41,42)34-26(3)22-30(43-6)23-27(34)4/h9,13,15,22-23,25,28-29,32H,7-8,10-12,14,16-21,24H2,1-6H3/t28-,29+,32?/m1/s1. The number of carbonyl (C=O) groups is 1. The Morgan fingerprint density at radius 3 is 2.41 bits per heavy atom. The van der Waals surface area contributed by atoms with Crippen molar-refractivity contribution >= 4 is 15.9 Å². The van der Waals surface area contributed by atoms with Crippen LogP contribution >= 0.6 is 0 Å². The van der Waals surface area contributed by atoms with Gasteiger partial charge in [0.1, 0.15) is 5.75 Å². The minimum atomic E-state index is -3.77. The van der Waals surface area contributed by atoms with Gasteiger partial charge in [0.15, 0.2) is 0 Å². The van der Waals surface area contributed by atoms with E-state index in [1.807, 2.05) is 44.1 Å². The van der Waals surface area contributed by atoms with E-state index in [1.54, 1.807) is 23.5 Å². The number of rotatable bonds is 10. The Labute approximate surface area is 265 Å². The number of benzene rings is 1. The van der Waals surface area contributed by atoms with Crippen molar-refractivity contribution in [3.63, 3.8) is 0 Å². The molecule has 9 nitrogen and oxygen atoms in total. The second-order valence-electron chi connectivity index (χ2n) is 13.4. The largest absolute Gasteiger partial charge is 0.497 e. The van der Waals surface area contributed by atoms with Crippen LogP contribution in [-0.4, -0.2) is 103 Å². The molecule has 1 unspecified atom stereocenters. The fraction of sp³-hybridized carbons (Fsp3) is 0.676. The Hall–Kier alpha value is -2.40. The molecule has 1 saturated heterocycles. The number of nitrogens with zero attached hydrogens (tertiary/aromatic N) is 5. The van der Waals surface area contributed by atoms with E-state index < -0.39 is 10.0 Å². The predicted molar refractivity (Wildman–Crippen MR) is 174 cm³/mol. The lowest BCUT2D eigenvalue weighted by atomic mass is 9.88. The fourth-order valence-corrected chi connectivity index (χ4v) is 9.88. The fourth-order valence-electron chi connectivity index (χ4n) is 7.84. The van der Waals surface area contributed by atoms with E-state index >= 15 is 0 Å². The molecule has 3 aliphatic rings. The molecule has 244 valence electrons. The van der Waals surface area contributed by atoms with Gasteiger partial charge in [-0.3, -0.25) is 14.6 Å². The lowest BCUT2D eigenvalue weighted by Gasteiger charge is -2.44. The first-order valence-electron chi connectivity index (χ1n) is 16.6. The smallest absolute Gasteiger partial charge is 0.244 e. The minimum absolute atomic E-state index is 0.169. The van der Waals surface area contributed by atoms with Gasteiger partial charge in [-0.25, -0.2) is 8.42 Å². The summed E-state index contributed by atoms with van der Waals surface area (Å²) in [5.41, 5.74) is 2.37. The van der Waals surface area contributed by atoms with Gasteiger partial charge in [0, 0.05) is 82.8 Å². The number of hydrogen-bond acceptors (Lipinski definition) is 6. The maximum absolute atomic E-state index is 14.2. The number of amides is 1. The van der Waals surface area contributed by atoms with Gasteiger partial charge in [0.05, 0.1) is 18.0 Å². The second-order valence-corrected chi connectivity index (χ2v) is 15.2. The summed E-state index contributed by atoms with van der Waals surface area (Å²) < 4.78 is 37.6. The SMILES string of the molecule is COc1cc(C)c(S(=O)(=O)N2CCn3cccc3C2CCCC(=O)N(C)[C@@H]2CCC[C@H](N3CCN(C(C)C)CC3)C2)c(C)c1.